The second kappa shape index (κ2) is 6.47. The van der Waals surface area contributed by atoms with Gasteiger partial charge in [0, 0.05) is 24.0 Å². The van der Waals surface area contributed by atoms with Gasteiger partial charge >= 0.3 is 6.09 Å². The van der Waals surface area contributed by atoms with Crippen molar-refractivity contribution in [3.05, 3.63) is 0 Å². The smallest absolute Gasteiger partial charge is 0.407 e. The molecule has 0 aliphatic heterocycles. The molecule has 2 amide bonds. The molecule has 0 aromatic carbocycles. The minimum absolute atomic E-state index is 0.0444. The predicted octanol–water partition coefficient (Wildman–Crippen LogP) is 3.08. The third-order valence-corrected chi connectivity index (χ3v) is 4.25. The number of rotatable bonds is 4. The van der Waals surface area contributed by atoms with Crippen LogP contribution >= 0.6 is 0 Å². The first-order valence-electron chi connectivity index (χ1n) is 8.49. The number of alkyl carbamates (subject to hydrolysis) is 1. The molecule has 22 heavy (non-hydrogen) atoms. The number of amides is 2. The summed E-state index contributed by atoms with van der Waals surface area (Å²) in [7, 11) is 0. The van der Waals surface area contributed by atoms with E-state index >= 15 is 0 Å². The Morgan fingerprint density at radius 3 is 2.27 bits per heavy atom. The van der Waals surface area contributed by atoms with E-state index in [0.29, 0.717) is 6.04 Å². The second-order valence-electron chi connectivity index (χ2n) is 7.92. The van der Waals surface area contributed by atoms with E-state index in [2.05, 4.69) is 24.1 Å². The standard InChI is InChI=1S/C17H30N2O3/c1-11(2)19(14-8-9-14)15(20)12-6-7-13(10-12)18-16(21)22-17(3,4)5/h11-14H,6-10H2,1-5H3,(H,18,21)/t12-,13+/m0/s1. The van der Waals surface area contributed by atoms with Gasteiger partial charge in [-0.15, -0.1) is 0 Å². The maximum atomic E-state index is 12.7. The van der Waals surface area contributed by atoms with Crippen molar-refractivity contribution in [2.24, 2.45) is 5.92 Å². The van der Waals surface area contributed by atoms with Crippen molar-refractivity contribution in [1.82, 2.24) is 10.2 Å². The van der Waals surface area contributed by atoms with Crippen LogP contribution < -0.4 is 5.32 Å². The number of carbonyl (C=O) groups is 2. The van der Waals surface area contributed by atoms with E-state index in [1.807, 2.05) is 20.8 Å². The van der Waals surface area contributed by atoms with Gasteiger partial charge in [0.25, 0.3) is 0 Å². The minimum atomic E-state index is -0.488. The monoisotopic (exact) mass is 310 g/mol. The predicted molar refractivity (Wildman–Crippen MR) is 85.5 cm³/mol. The molecule has 0 aromatic rings. The van der Waals surface area contributed by atoms with Crippen molar-refractivity contribution in [2.45, 2.75) is 90.4 Å². The maximum Gasteiger partial charge on any atom is 0.407 e. The summed E-state index contributed by atoms with van der Waals surface area (Å²) in [6.07, 6.45) is 4.33. The molecule has 2 aliphatic rings. The van der Waals surface area contributed by atoms with Crippen molar-refractivity contribution >= 4 is 12.0 Å². The zero-order chi connectivity index (χ0) is 16.5. The fourth-order valence-corrected chi connectivity index (χ4v) is 3.23. The summed E-state index contributed by atoms with van der Waals surface area (Å²) in [6.45, 7) is 9.72. The minimum Gasteiger partial charge on any atom is -0.444 e. The Morgan fingerprint density at radius 1 is 1.14 bits per heavy atom. The zero-order valence-corrected chi connectivity index (χ0v) is 14.5. The van der Waals surface area contributed by atoms with Gasteiger partial charge in [0.1, 0.15) is 5.60 Å². The van der Waals surface area contributed by atoms with E-state index < -0.39 is 5.60 Å². The molecule has 0 radical (unpaired) electrons. The summed E-state index contributed by atoms with van der Waals surface area (Å²) in [4.78, 5) is 26.6. The average molecular weight is 310 g/mol. The molecular formula is C17H30N2O3. The Morgan fingerprint density at radius 2 is 1.77 bits per heavy atom. The lowest BCUT2D eigenvalue weighted by Crippen LogP contribution is -2.43. The number of ether oxygens (including phenoxy) is 1. The number of nitrogens with zero attached hydrogens (tertiary/aromatic N) is 1. The van der Waals surface area contributed by atoms with E-state index in [1.54, 1.807) is 0 Å². The highest BCUT2D eigenvalue weighted by Gasteiger charge is 2.40. The molecule has 0 unspecified atom stereocenters. The van der Waals surface area contributed by atoms with Crippen molar-refractivity contribution < 1.29 is 14.3 Å². The van der Waals surface area contributed by atoms with E-state index in [4.69, 9.17) is 4.74 Å². The van der Waals surface area contributed by atoms with Crippen LogP contribution in [0.1, 0.15) is 66.7 Å². The van der Waals surface area contributed by atoms with Gasteiger partial charge in [0.05, 0.1) is 0 Å². The van der Waals surface area contributed by atoms with Crippen LogP contribution in [-0.2, 0) is 9.53 Å². The van der Waals surface area contributed by atoms with Gasteiger partial charge < -0.3 is 15.0 Å². The van der Waals surface area contributed by atoms with E-state index in [1.165, 1.54) is 0 Å². The fraction of sp³-hybridized carbons (Fsp3) is 0.882. The van der Waals surface area contributed by atoms with Crippen molar-refractivity contribution in [1.29, 1.82) is 0 Å². The molecule has 2 aliphatic carbocycles. The first kappa shape index (κ1) is 17.1. The summed E-state index contributed by atoms with van der Waals surface area (Å²) in [5, 5.41) is 2.90. The zero-order valence-electron chi connectivity index (χ0n) is 14.5. The van der Waals surface area contributed by atoms with Gasteiger partial charge in [0.2, 0.25) is 5.91 Å². The third kappa shape index (κ3) is 4.62. The molecular weight excluding hydrogens is 280 g/mol. The summed E-state index contributed by atoms with van der Waals surface area (Å²) in [5.74, 6) is 0.314. The molecule has 0 aromatic heterocycles. The highest BCUT2D eigenvalue weighted by Crippen LogP contribution is 2.34. The van der Waals surface area contributed by atoms with Crippen molar-refractivity contribution in [3.63, 3.8) is 0 Å². The molecule has 2 fully saturated rings. The van der Waals surface area contributed by atoms with Gasteiger partial charge in [-0.2, -0.15) is 0 Å². The van der Waals surface area contributed by atoms with E-state index in [0.717, 1.165) is 32.1 Å². The second-order valence-corrected chi connectivity index (χ2v) is 7.92. The number of hydrogen-bond donors (Lipinski definition) is 1. The highest BCUT2D eigenvalue weighted by atomic mass is 16.6. The highest BCUT2D eigenvalue weighted by molar-refractivity contribution is 5.80. The molecule has 2 atom stereocenters. The summed E-state index contributed by atoms with van der Waals surface area (Å²) in [6, 6.07) is 0.764. The van der Waals surface area contributed by atoms with Crippen LogP contribution in [-0.4, -0.2) is 40.6 Å². The lowest BCUT2D eigenvalue weighted by molar-refractivity contribution is -0.137. The topological polar surface area (TPSA) is 58.6 Å². The van der Waals surface area contributed by atoms with Crippen LogP contribution in [0.5, 0.6) is 0 Å². The van der Waals surface area contributed by atoms with Crippen LogP contribution in [0.4, 0.5) is 4.79 Å². The first-order valence-corrected chi connectivity index (χ1v) is 8.49. The van der Waals surface area contributed by atoms with Crippen LogP contribution in [0.3, 0.4) is 0 Å². The summed E-state index contributed by atoms with van der Waals surface area (Å²) in [5.41, 5.74) is -0.488. The molecule has 0 spiro atoms. The van der Waals surface area contributed by atoms with Gasteiger partial charge in [-0.1, -0.05) is 0 Å². The lowest BCUT2D eigenvalue weighted by atomic mass is 10.0. The number of hydrogen-bond acceptors (Lipinski definition) is 3. The average Bonchev–Trinajstić information content (AvgIpc) is 3.05. The fourth-order valence-electron chi connectivity index (χ4n) is 3.23. The SMILES string of the molecule is CC(C)N(C(=O)[C@H]1CC[C@@H](NC(=O)OC(C)(C)C)C1)C1CC1. The van der Waals surface area contributed by atoms with Crippen molar-refractivity contribution in [3.8, 4) is 0 Å². The van der Waals surface area contributed by atoms with Crippen LogP contribution in [0, 0.1) is 5.92 Å². The summed E-state index contributed by atoms with van der Waals surface area (Å²) >= 11 is 0. The van der Waals surface area contributed by atoms with Gasteiger partial charge in [0.15, 0.2) is 0 Å². The Labute approximate surface area is 133 Å². The molecule has 126 valence electrons. The molecule has 0 saturated heterocycles. The number of carbonyl (C=O) groups excluding carboxylic acids is 2. The molecule has 5 nitrogen and oxygen atoms in total. The quantitative estimate of drug-likeness (QED) is 0.868. The van der Waals surface area contributed by atoms with Crippen LogP contribution in [0.15, 0.2) is 0 Å². The molecule has 0 bridgehead atoms. The molecule has 2 saturated carbocycles. The lowest BCUT2D eigenvalue weighted by Gasteiger charge is -2.29. The Hall–Kier alpha value is -1.26. The Balaban J connectivity index is 1.84. The van der Waals surface area contributed by atoms with Crippen molar-refractivity contribution in [2.75, 3.05) is 0 Å². The van der Waals surface area contributed by atoms with Gasteiger partial charge in [-0.25, -0.2) is 4.79 Å². The maximum absolute atomic E-state index is 12.7. The Kier molecular flexibility index (Phi) is 5.03. The van der Waals surface area contributed by atoms with E-state index in [9.17, 15) is 9.59 Å². The van der Waals surface area contributed by atoms with Gasteiger partial charge in [-0.05, 0) is 66.7 Å². The van der Waals surface area contributed by atoms with Crippen LogP contribution in [0.2, 0.25) is 0 Å². The molecule has 0 heterocycles. The number of nitrogens with one attached hydrogen (secondary N) is 1. The van der Waals surface area contributed by atoms with E-state index in [-0.39, 0.29) is 30.0 Å². The summed E-state index contributed by atoms with van der Waals surface area (Å²) < 4.78 is 5.28. The largest absolute Gasteiger partial charge is 0.444 e. The third-order valence-electron chi connectivity index (χ3n) is 4.25. The first-order chi connectivity index (χ1) is 10.2. The Bertz CT molecular complexity index is 422. The molecule has 2 rings (SSSR count). The molecule has 5 heteroatoms. The van der Waals surface area contributed by atoms with Gasteiger partial charge in [-0.3, -0.25) is 4.79 Å². The normalized spacial score (nSPS) is 25.2. The molecule has 1 N–H and O–H groups in total. The van der Waals surface area contributed by atoms with Crippen LogP contribution in [0.25, 0.3) is 0 Å².